The molecular weight excluding hydrogens is 440 g/mol. The van der Waals surface area contributed by atoms with Gasteiger partial charge >= 0.3 is 0 Å². The van der Waals surface area contributed by atoms with Gasteiger partial charge in [-0.25, -0.2) is 11.7 Å². The van der Waals surface area contributed by atoms with Crippen molar-refractivity contribution >= 4 is 11.8 Å². The molecule has 0 aliphatic rings. The third-order valence-electron chi connectivity index (χ3n) is 4.13. The van der Waals surface area contributed by atoms with Crippen LogP contribution in [0, 0.1) is 0 Å². The Labute approximate surface area is 201 Å². The quantitative estimate of drug-likeness (QED) is 0.167. The van der Waals surface area contributed by atoms with Gasteiger partial charge in [0.2, 0.25) is 0 Å². The van der Waals surface area contributed by atoms with Crippen molar-refractivity contribution in [2.24, 2.45) is 11.7 Å². The lowest BCUT2D eigenvalue weighted by atomic mass is 9.99. The first-order chi connectivity index (χ1) is 16.5. The number of amides is 2. The molecule has 0 saturated heterocycles. The zero-order valence-corrected chi connectivity index (χ0v) is 20.9. The molecule has 0 heterocycles. The van der Waals surface area contributed by atoms with E-state index in [1.54, 1.807) is 50.6 Å². The summed E-state index contributed by atoms with van der Waals surface area (Å²) >= 11 is 0. The molecule has 6 N–H and O–H groups in total. The van der Waals surface area contributed by atoms with Gasteiger partial charge < -0.3 is 18.9 Å². The van der Waals surface area contributed by atoms with Gasteiger partial charge in [-0.1, -0.05) is 27.7 Å². The number of hydrogen-bond acceptors (Lipinski definition) is 8. The highest BCUT2D eigenvalue weighted by atomic mass is 16.5. The number of carbonyl (C=O) groups excluding carboxylic acids is 2. The molecule has 2 amide bonds. The Balaban J connectivity index is 0.00000258. The van der Waals surface area contributed by atoms with Gasteiger partial charge in [0.1, 0.15) is 24.7 Å². The first-order valence-corrected chi connectivity index (χ1v) is 11.1. The number of nitrogen functional groups attached to an aromatic ring is 2. The monoisotopic (exact) mass is 478 g/mol. The lowest BCUT2D eigenvalue weighted by Gasteiger charge is -2.17. The molecule has 0 aliphatic carbocycles. The number of hydrogen-bond donors (Lipinski definition) is 4. The Morgan fingerprint density at radius 1 is 0.676 bits per heavy atom. The molecule has 2 aromatic rings. The van der Waals surface area contributed by atoms with Crippen LogP contribution in [-0.4, -0.2) is 52.5 Å². The molecule has 0 bridgehead atoms. The minimum Gasteiger partial charge on any atom is -0.491 e. The standard InChI is InChI=1S/C20H26N4O6.2C2H6/c1-27-7-9-29-17-11-13(19(25)23-21)3-5-15(17)16-6-4-14(20(26)24-22)12-18(16)30-10-8-28-2;2*1-2/h3-6,11-12H,7-10,21-22H2,1-2H3,(H,23,25)(H,24,26);2*1-2H3. The Morgan fingerprint density at radius 2 is 1.03 bits per heavy atom. The van der Waals surface area contributed by atoms with Crippen LogP contribution in [0.1, 0.15) is 48.4 Å². The Kier molecular flexibility index (Phi) is 16.6. The van der Waals surface area contributed by atoms with Crippen LogP contribution in [-0.2, 0) is 9.47 Å². The number of hydrazine groups is 2. The third kappa shape index (κ3) is 9.36. The topological polar surface area (TPSA) is 147 Å². The average Bonchev–Trinajstić information content (AvgIpc) is 2.90. The van der Waals surface area contributed by atoms with Crippen LogP contribution in [0.2, 0.25) is 0 Å². The maximum Gasteiger partial charge on any atom is 0.265 e. The minimum atomic E-state index is -0.454. The van der Waals surface area contributed by atoms with Gasteiger partial charge in [0, 0.05) is 36.5 Å². The zero-order chi connectivity index (χ0) is 25.9. The van der Waals surface area contributed by atoms with E-state index in [9.17, 15) is 9.59 Å². The van der Waals surface area contributed by atoms with Gasteiger partial charge in [0.15, 0.2) is 0 Å². The summed E-state index contributed by atoms with van der Waals surface area (Å²) in [5, 5.41) is 0. The number of nitrogens with two attached hydrogens (primary N) is 2. The highest BCUT2D eigenvalue weighted by molar-refractivity contribution is 5.97. The van der Waals surface area contributed by atoms with E-state index in [1.807, 2.05) is 27.7 Å². The highest BCUT2D eigenvalue weighted by Crippen LogP contribution is 2.38. The summed E-state index contributed by atoms with van der Waals surface area (Å²) in [7, 11) is 3.12. The molecule has 34 heavy (non-hydrogen) atoms. The van der Waals surface area contributed by atoms with Crippen LogP contribution in [0.15, 0.2) is 36.4 Å². The fourth-order valence-corrected chi connectivity index (χ4v) is 2.65. The van der Waals surface area contributed by atoms with Crippen LogP contribution in [0.4, 0.5) is 0 Å². The normalized spacial score (nSPS) is 9.53. The van der Waals surface area contributed by atoms with Crippen molar-refractivity contribution in [3.8, 4) is 22.6 Å². The molecule has 2 aromatic carbocycles. The summed E-state index contributed by atoms with van der Waals surface area (Å²) in [5.41, 5.74) is 6.16. The molecule has 0 fully saturated rings. The van der Waals surface area contributed by atoms with Crippen molar-refractivity contribution < 1.29 is 28.5 Å². The number of nitrogens with one attached hydrogen (secondary N) is 2. The molecule has 0 aromatic heterocycles. The fourth-order valence-electron chi connectivity index (χ4n) is 2.65. The number of benzene rings is 2. The van der Waals surface area contributed by atoms with Gasteiger partial charge in [-0.05, 0) is 36.4 Å². The first-order valence-electron chi connectivity index (χ1n) is 11.1. The second-order valence-corrected chi connectivity index (χ2v) is 6.05. The highest BCUT2D eigenvalue weighted by Gasteiger charge is 2.17. The van der Waals surface area contributed by atoms with Crippen LogP contribution < -0.4 is 32.0 Å². The van der Waals surface area contributed by atoms with Crippen LogP contribution in [0.3, 0.4) is 0 Å². The van der Waals surface area contributed by atoms with Crippen molar-refractivity contribution in [3.63, 3.8) is 0 Å². The minimum absolute atomic E-state index is 0.269. The maximum absolute atomic E-state index is 11.9. The van der Waals surface area contributed by atoms with E-state index in [1.165, 1.54) is 0 Å². The largest absolute Gasteiger partial charge is 0.491 e. The number of methoxy groups -OCH3 is 2. The fraction of sp³-hybridized carbons (Fsp3) is 0.417. The van der Waals surface area contributed by atoms with Gasteiger partial charge in [0.25, 0.3) is 11.8 Å². The summed E-state index contributed by atoms with van der Waals surface area (Å²) < 4.78 is 21.7. The van der Waals surface area contributed by atoms with E-state index in [-0.39, 0.29) is 13.2 Å². The smallest absolute Gasteiger partial charge is 0.265 e. The third-order valence-corrected chi connectivity index (χ3v) is 4.13. The van der Waals surface area contributed by atoms with E-state index in [0.29, 0.717) is 47.0 Å². The maximum atomic E-state index is 11.9. The van der Waals surface area contributed by atoms with Crippen molar-refractivity contribution in [2.45, 2.75) is 27.7 Å². The second kappa shape index (κ2) is 18.3. The number of rotatable bonds is 11. The van der Waals surface area contributed by atoms with E-state index in [0.717, 1.165) is 0 Å². The van der Waals surface area contributed by atoms with Gasteiger partial charge in [0.05, 0.1) is 13.2 Å². The van der Waals surface area contributed by atoms with Gasteiger partial charge in [-0.2, -0.15) is 0 Å². The van der Waals surface area contributed by atoms with Crippen molar-refractivity contribution in [1.29, 1.82) is 0 Å². The molecule has 190 valence electrons. The molecule has 10 heteroatoms. The summed E-state index contributed by atoms with van der Waals surface area (Å²) in [6.07, 6.45) is 0. The molecule has 0 spiro atoms. The predicted octanol–water partition coefficient (Wildman–Crippen LogP) is 2.66. The van der Waals surface area contributed by atoms with Gasteiger partial charge in [-0.15, -0.1) is 0 Å². The molecule has 0 saturated carbocycles. The average molecular weight is 479 g/mol. The van der Waals surface area contributed by atoms with Crippen molar-refractivity contribution in [2.75, 3.05) is 40.6 Å². The van der Waals surface area contributed by atoms with E-state index in [4.69, 9.17) is 30.6 Å². The van der Waals surface area contributed by atoms with Crippen LogP contribution >= 0.6 is 0 Å². The molecule has 2 rings (SSSR count). The summed E-state index contributed by atoms with van der Waals surface area (Å²) in [6, 6.07) is 9.81. The molecule has 10 nitrogen and oxygen atoms in total. The molecule has 0 unspecified atom stereocenters. The molecular formula is C24H38N4O6. The first kappa shape index (κ1) is 30.8. The van der Waals surface area contributed by atoms with E-state index < -0.39 is 11.8 Å². The summed E-state index contributed by atoms with van der Waals surface area (Å²) in [5.74, 6) is 10.4. The van der Waals surface area contributed by atoms with Crippen molar-refractivity contribution in [1.82, 2.24) is 10.9 Å². The summed E-state index contributed by atoms with van der Waals surface area (Å²) in [4.78, 5) is 23.9. The molecule has 0 radical (unpaired) electrons. The predicted molar refractivity (Wildman–Crippen MR) is 133 cm³/mol. The summed E-state index contributed by atoms with van der Waals surface area (Å²) in [6.45, 7) is 9.26. The van der Waals surface area contributed by atoms with Crippen LogP contribution in [0.5, 0.6) is 11.5 Å². The van der Waals surface area contributed by atoms with E-state index in [2.05, 4.69) is 10.9 Å². The lowest BCUT2D eigenvalue weighted by molar-refractivity contribution is 0.0945. The Bertz CT molecular complexity index is 805. The molecule has 0 aliphatic heterocycles. The van der Waals surface area contributed by atoms with E-state index >= 15 is 0 Å². The van der Waals surface area contributed by atoms with Gasteiger partial charge in [-0.3, -0.25) is 20.4 Å². The number of ether oxygens (including phenoxy) is 4. The number of carbonyl (C=O) groups is 2. The Hall–Kier alpha value is -3.18. The second-order valence-electron chi connectivity index (χ2n) is 6.05. The van der Waals surface area contributed by atoms with Crippen molar-refractivity contribution in [3.05, 3.63) is 47.5 Å². The Morgan fingerprint density at radius 3 is 1.32 bits per heavy atom. The lowest BCUT2D eigenvalue weighted by Crippen LogP contribution is -2.30. The van der Waals surface area contributed by atoms with Crippen LogP contribution in [0.25, 0.3) is 11.1 Å². The SMILES string of the molecule is CC.CC.COCCOc1cc(C(=O)NN)ccc1-c1ccc(C(=O)NN)cc1OCCOC. The molecule has 0 atom stereocenters. The zero-order valence-electron chi connectivity index (χ0n) is 20.9.